The van der Waals surface area contributed by atoms with Gasteiger partial charge in [0.25, 0.3) is 5.69 Å². The van der Waals surface area contributed by atoms with Crippen LogP contribution in [0.5, 0.6) is 0 Å². The van der Waals surface area contributed by atoms with E-state index in [0.29, 0.717) is 12.5 Å². The number of hydrogen-bond donors (Lipinski definition) is 2. The van der Waals surface area contributed by atoms with Crippen molar-refractivity contribution >= 4 is 31.6 Å². The zero-order chi connectivity index (χ0) is 25.4. The van der Waals surface area contributed by atoms with Gasteiger partial charge in [0, 0.05) is 43.4 Å². The molecule has 13 nitrogen and oxygen atoms in total. The van der Waals surface area contributed by atoms with Crippen LogP contribution in [-0.2, 0) is 27.3 Å². The molecule has 0 spiro atoms. The fraction of sp³-hybridized carbons (Fsp3) is 0.471. The maximum Gasteiger partial charge on any atom is 0.269 e. The summed E-state index contributed by atoms with van der Waals surface area (Å²) < 4.78 is 56.4. The Bertz CT molecular complexity index is 911. The van der Waals surface area contributed by atoms with Crippen molar-refractivity contribution in [2.45, 2.75) is 12.8 Å². The van der Waals surface area contributed by atoms with Crippen LogP contribution in [0.25, 0.3) is 0 Å². The van der Waals surface area contributed by atoms with Crippen LogP contribution in [0.4, 0.5) is 11.4 Å². The van der Waals surface area contributed by atoms with Crippen LogP contribution in [-0.4, -0.2) is 68.5 Å². The Kier molecular flexibility index (Phi) is 15.9. The lowest BCUT2D eigenvalue weighted by Gasteiger charge is -2.16. The predicted octanol–water partition coefficient (Wildman–Crippen LogP) is -0.0681. The average Bonchev–Trinajstić information content (AvgIpc) is 3.35. The molecule has 0 aliphatic carbocycles. The van der Waals surface area contributed by atoms with Crippen LogP contribution in [0.15, 0.2) is 43.0 Å². The average molecular weight is 497 g/mol. The van der Waals surface area contributed by atoms with Gasteiger partial charge in [0.1, 0.15) is 12.4 Å². The van der Waals surface area contributed by atoms with Gasteiger partial charge in [-0.2, -0.15) is 0 Å². The summed E-state index contributed by atoms with van der Waals surface area (Å²) in [5, 5.41) is 10.4. The second-order valence-electron chi connectivity index (χ2n) is 6.15. The fourth-order valence-electron chi connectivity index (χ4n) is 2.12. The quantitative estimate of drug-likeness (QED) is 0.245. The molecule has 15 heteroatoms. The first-order valence-corrected chi connectivity index (χ1v) is 12.7. The highest BCUT2D eigenvalue weighted by Gasteiger charge is 2.13. The molecular formula is C17H30N5O8S2-. The molecule has 0 unspecified atom stereocenters. The van der Waals surface area contributed by atoms with Crippen molar-refractivity contribution < 1.29 is 35.4 Å². The van der Waals surface area contributed by atoms with Crippen molar-refractivity contribution in [1.29, 1.82) is 0 Å². The number of aromatic amines is 1. The summed E-state index contributed by atoms with van der Waals surface area (Å²) in [5.41, 5.74) is 5.75. The molecule has 1 fully saturated rings. The van der Waals surface area contributed by atoms with E-state index in [4.69, 9.17) is 25.9 Å². The highest BCUT2D eigenvalue weighted by Crippen LogP contribution is 2.22. The summed E-state index contributed by atoms with van der Waals surface area (Å²) in [7, 11) is -4.36. The van der Waals surface area contributed by atoms with Gasteiger partial charge >= 0.3 is 0 Å². The number of nitrogens with two attached hydrogens (primary N) is 1. The van der Waals surface area contributed by atoms with Gasteiger partial charge in [0.05, 0.1) is 32.2 Å². The lowest BCUT2D eigenvalue weighted by molar-refractivity contribution is -0.670. The zero-order valence-corrected chi connectivity index (χ0v) is 20.0. The zero-order valence-electron chi connectivity index (χ0n) is 18.4. The smallest absolute Gasteiger partial charge is 0.269 e. The van der Waals surface area contributed by atoms with Crippen molar-refractivity contribution in [1.82, 2.24) is 4.98 Å². The molecule has 32 heavy (non-hydrogen) atoms. The number of H-pyrrole nitrogens is 1. The molecule has 1 aliphatic rings. The molecule has 3 N–H and O–H groups in total. The monoisotopic (exact) mass is 496 g/mol. The molecule has 0 radical (unpaired) electrons. The lowest BCUT2D eigenvalue weighted by atomic mass is 10.2. The van der Waals surface area contributed by atoms with Gasteiger partial charge in [0.15, 0.2) is 0 Å². The van der Waals surface area contributed by atoms with Gasteiger partial charge in [-0.3, -0.25) is 15.1 Å². The number of aromatic nitrogens is 2. The van der Waals surface area contributed by atoms with Gasteiger partial charge in [-0.1, -0.05) is 0 Å². The van der Waals surface area contributed by atoms with Crippen molar-refractivity contribution in [3.05, 3.63) is 53.1 Å². The Hall–Kier alpha value is -2.59. The van der Waals surface area contributed by atoms with Crippen LogP contribution in [0.3, 0.4) is 0 Å². The molecule has 0 bridgehead atoms. The van der Waals surface area contributed by atoms with E-state index in [-0.39, 0.29) is 10.6 Å². The normalized spacial score (nSPS) is 12.4. The summed E-state index contributed by atoms with van der Waals surface area (Å²) >= 11 is 0. The first-order valence-electron chi connectivity index (χ1n) is 9.03. The number of non-ortho nitro benzene ring substituents is 1. The summed E-state index contributed by atoms with van der Waals surface area (Å²) in [4.78, 5) is 15.2. The van der Waals surface area contributed by atoms with Gasteiger partial charge in [-0.15, -0.1) is 0 Å². The fourth-order valence-corrected chi connectivity index (χ4v) is 2.12. The number of nitrogens with zero attached hydrogens (tertiary/aromatic N) is 3. The van der Waals surface area contributed by atoms with Gasteiger partial charge < -0.3 is 19.7 Å². The maximum atomic E-state index is 10.4. The SMILES string of the molecule is CN.CS(=O)(=O)[O-].CS(=O)(=O)[O-].C[n+]1cc[nH]c1.O=[N+]([O-])c1ccc(N2CCCC2)cc1. The van der Waals surface area contributed by atoms with E-state index in [9.17, 15) is 10.1 Å². The molecular weight excluding hydrogens is 466 g/mol. The molecule has 184 valence electrons. The molecule has 1 aromatic heterocycles. The third-order valence-electron chi connectivity index (χ3n) is 3.22. The third kappa shape index (κ3) is 22.1. The van der Waals surface area contributed by atoms with E-state index in [2.05, 4.69) is 15.6 Å². The molecule has 1 aromatic carbocycles. The minimum atomic E-state index is -3.92. The van der Waals surface area contributed by atoms with E-state index in [0.717, 1.165) is 18.8 Å². The lowest BCUT2D eigenvalue weighted by Crippen LogP contribution is -2.22. The van der Waals surface area contributed by atoms with Gasteiger partial charge in [0.2, 0.25) is 6.33 Å². The number of benzene rings is 1. The second-order valence-corrected chi connectivity index (χ2v) is 8.97. The van der Waals surface area contributed by atoms with Crippen LogP contribution >= 0.6 is 0 Å². The standard InChI is InChI=1S/C10H12N2O2.C4H6N2.CH5N.2CH4O3S/c13-12(14)10-5-3-9(4-6-10)11-7-1-2-8-11;1-6-3-2-5-4-6;1-2;2*1-5(2,3)4/h3-6H,1-2,7-8H2;2-4H,1H3;2H2,1H3;2*1H3,(H,2,3,4)/p-1. The molecule has 0 amide bonds. The summed E-state index contributed by atoms with van der Waals surface area (Å²) in [6, 6.07) is 6.77. The Balaban J connectivity index is 0. The maximum absolute atomic E-state index is 10.4. The van der Waals surface area contributed by atoms with E-state index < -0.39 is 20.2 Å². The number of nitro groups is 1. The van der Waals surface area contributed by atoms with E-state index in [1.54, 1.807) is 12.1 Å². The van der Waals surface area contributed by atoms with E-state index in [1.165, 1.54) is 19.9 Å². The van der Waals surface area contributed by atoms with Crippen LogP contribution < -0.4 is 15.2 Å². The van der Waals surface area contributed by atoms with Gasteiger partial charge in [-0.25, -0.2) is 21.4 Å². The predicted molar refractivity (Wildman–Crippen MR) is 118 cm³/mol. The highest BCUT2D eigenvalue weighted by molar-refractivity contribution is 7.85. The number of nitro benzene ring substituents is 1. The minimum absolute atomic E-state index is 0.160. The number of rotatable bonds is 2. The van der Waals surface area contributed by atoms with Crippen molar-refractivity contribution in [2.24, 2.45) is 12.8 Å². The van der Waals surface area contributed by atoms with Crippen molar-refractivity contribution in [2.75, 3.05) is 37.5 Å². The number of hydrogen-bond acceptors (Lipinski definition) is 10. The van der Waals surface area contributed by atoms with E-state index in [1.807, 2.05) is 42.5 Å². The molecule has 2 heterocycles. The summed E-state index contributed by atoms with van der Waals surface area (Å²) in [6.45, 7) is 2.13. The molecule has 1 saturated heterocycles. The number of imidazole rings is 1. The third-order valence-corrected chi connectivity index (χ3v) is 3.22. The van der Waals surface area contributed by atoms with Crippen molar-refractivity contribution in [3.63, 3.8) is 0 Å². The van der Waals surface area contributed by atoms with E-state index >= 15 is 0 Å². The highest BCUT2D eigenvalue weighted by atomic mass is 32.2. The molecule has 0 saturated carbocycles. The Morgan fingerprint density at radius 3 is 1.66 bits per heavy atom. The first-order chi connectivity index (χ1) is 14.7. The Labute approximate surface area is 188 Å². The number of aryl methyl sites for hydroxylation is 1. The van der Waals surface area contributed by atoms with Crippen LogP contribution in [0.1, 0.15) is 12.8 Å². The Morgan fingerprint density at radius 1 is 1.00 bits per heavy atom. The topological polar surface area (TPSA) is 206 Å². The van der Waals surface area contributed by atoms with Crippen LogP contribution in [0, 0.1) is 10.1 Å². The first kappa shape index (κ1) is 31.6. The molecule has 0 atom stereocenters. The van der Waals surface area contributed by atoms with Gasteiger partial charge in [-0.05, 0) is 32.0 Å². The van der Waals surface area contributed by atoms with Crippen LogP contribution in [0.2, 0.25) is 0 Å². The molecule has 1 aliphatic heterocycles. The second kappa shape index (κ2) is 16.1. The summed E-state index contributed by atoms with van der Waals surface area (Å²) in [5.74, 6) is 0. The largest absolute Gasteiger partial charge is 0.748 e. The molecule has 3 rings (SSSR count). The number of anilines is 1. The molecule has 2 aromatic rings. The minimum Gasteiger partial charge on any atom is -0.748 e. The Morgan fingerprint density at radius 2 is 1.41 bits per heavy atom. The van der Waals surface area contributed by atoms with Crippen molar-refractivity contribution in [3.8, 4) is 0 Å². The number of nitrogens with one attached hydrogen (secondary N) is 1. The summed E-state index contributed by atoms with van der Waals surface area (Å²) in [6.07, 6.45) is 9.34.